The molecular formula is C21H29N3O4. The number of hydrogen-bond acceptors (Lipinski definition) is 4. The highest BCUT2D eigenvalue weighted by Gasteiger charge is 2.61. The maximum Gasteiger partial charge on any atom is 0.410 e. The molecule has 2 aliphatic rings. The van der Waals surface area contributed by atoms with Crippen molar-refractivity contribution in [2.75, 3.05) is 26.7 Å². The monoisotopic (exact) mass is 387 g/mol. The zero-order valence-corrected chi connectivity index (χ0v) is 17.0. The van der Waals surface area contributed by atoms with E-state index in [1.54, 1.807) is 16.8 Å². The van der Waals surface area contributed by atoms with Crippen LogP contribution in [0.1, 0.15) is 45.2 Å². The second kappa shape index (κ2) is 7.45. The van der Waals surface area contributed by atoms with Gasteiger partial charge in [-0.3, -0.25) is 9.59 Å². The second-order valence-electron chi connectivity index (χ2n) is 8.54. The molecule has 1 atom stereocenters. The van der Waals surface area contributed by atoms with Gasteiger partial charge in [0.25, 0.3) is 0 Å². The van der Waals surface area contributed by atoms with Crippen molar-refractivity contribution in [2.24, 2.45) is 5.41 Å². The Hall–Kier alpha value is -2.57. The minimum Gasteiger partial charge on any atom is -0.444 e. The third-order valence-corrected chi connectivity index (χ3v) is 5.54. The molecule has 3 rings (SSSR count). The fraction of sp³-hybridized carbons (Fsp3) is 0.571. The molecule has 0 bridgehead atoms. The van der Waals surface area contributed by atoms with Gasteiger partial charge in [-0.2, -0.15) is 0 Å². The molecule has 0 saturated carbocycles. The number of likely N-dealkylation sites (tertiary alicyclic amines) is 2. The molecule has 7 heteroatoms. The SMILES string of the molecule is CNC(=O)CN1C(=O)C2(CCN(C(=O)OC(C)(C)C)CC2)C1c1ccccc1. The number of nitrogens with one attached hydrogen (secondary N) is 1. The minimum absolute atomic E-state index is 0.00575. The molecule has 0 aliphatic carbocycles. The summed E-state index contributed by atoms with van der Waals surface area (Å²) in [5, 5.41) is 2.59. The lowest BCUT2D eigenvalue weighted by molar-refractivity contribution is -0.181. The van der Waals surface area contributed by atoms with Crippen LogP contribution < -0.4 is 5.32 Å². The van der Waals surface area contributed by atoms with Crippen LogP contribution in [0.3, 0.4) is 0 Å². The van der Waals surface area contributed by atoms with E-state index in [2.05, 4.69) is 5.32 Å². The Labute approximate surface area is 166 Å². The predicted molar refractivity (Wildman–Crippen MR) is 104 cm³/mol. The lowest BCUT2D eigenvalue weighted by atomic mass is 9.62. The number of amides is 3. The van der Waals surface area contributed by atoms with Crippen molar-refractivity contribution in [2.45, 2.75) is 45.3 Å². The Kier molecular flexibility index (Phi) is 5.37. The summed E-state index contributed by atoms with van der Waals surface area (Å²) >= 11 is 0. The van der Waals surface area contributed by atoms with Gasteiger partial charge in [0.15, 0.2) is 0 Å². The van der Waals surface area contributed by atoms with Crippen molar-refractivity contribution in [3.8, 4) is 0 Å². The van der Waals surface area contributed by atoms with Crippen LogP contribution in [0.4, 0.5) is 4.79 Å². The van der Waals surface area contributed by atoms with Gasteiger partial charge in [0.2, 0.25) is 11.8 Å². The molecule has 1 spiro atoms. The van der Waals surface area contributed by atoms with Gasteiger partial charge < -0.3 is 19.9 Å². The van der Waals surface area contributed by atoms with Crippen molar-refractivity contribution in [1.82, 2.24) is 15.1 Å². The summed E-state index contributed by atoms with van der Waals surface area (Å²) in [4.78, 5) is 40.7. The highest BCUT2D eigenvalue weighted by molar-refractivity contribution is 5.94. The van der Waals surface area contributed by atoms with E-state index in [0.717, 1.165) is 5.56 Å². The summed E-state index contributed by atoms with van der Waals surface area (Å²) in [7, 11) is 1.57. The molecule has 2 heterocycles. The van der Waals surface area contributed by atoms with Crippen molar-refractivity contribution >= 4 is 17.9 Å². The number of β-lactam (4-membered cyclic amide) rings is 1. The third kappa shape index (κ3) is 3.70. The summed E-state index contributed by atoms with van der Waals surface area (Å²) in [5.74, 6) is -0.191. The van der Waals surface area contributed by atoms with Crippen molar-refractivity contribution in [3.05, 3.63) is 35.9 Å². The Balaban J connectivity index is 1.78. The molecule has 28 heavy (non-hydrogen) atoms. The predicted octanol–water partition coefficient (Wildman–Crippen LogP) is 2.33. The van der Waals surface area contributed by atoms with Crippen LogP contribution in [0.15, 0.2) is 30.3 Å². The van der Waals surface area contributed by atoms with Crippen LogP contribution in [0.5, 0.6) is 0 Å². The van der Waals surface area contributed by atoms with Crippen LogP contribution in [0.25, 0.3) is 0 Å². The molecule has 2 aliphatic heterocycles. The average molecular weight is 387 g/mol. The van der Waals surface area contributed by atoms with Crippen LogP contribution in [0, 0.1) is 5.41 Å². The Morgan fingerprint density at radius 1 is 1.18 bits per heavy atom. The number of piperidine rings is 1. The third-order valence-electron chi connectivity index (χ3n) is 5.54. The van der Waals surface area contributed by atoms with Crippen LogP contribution in [-0.4, -0.2) is 60.0 Å². The average Bonchev–Trinajstić information content (AvgIpc) is 2.66. The molecule has 1 N–H and O–H groups in total. The van der Waals surface area contributed by atoms with E-state index in [1.165, 1.54) is 0 Å². The summed E-state index contributed by atoms with van der Waals surface area (Å²) in [6, 6.07) is 9.66. The van der Waals surface area contributed by atoms with E-state index in [9.17, 15) is 14.4 Å². The Bertz CT molecular complexity index is 749. The highest BCUT2D eigenvalue weighted by Crippen LogP contribution is 2.55. The number of rotatable bonds is 3. The fourth-order valence-electron chi connectivity index (χ4n) is 4.19. The van der Waals surface area contributed by atoms with Gasteiger partial charge in [-0.25, -0.2) is 4.79 Å². The van der Waals surface area contributed by atoms with E-state index < -0.39 is 11.0 Å². The number of hydrogen-bond donors (Lipinski definition) is 1. The molecule has 2 saturated heterocycles. The maximum atomic E-state index is 13.1. The van der Waals surface area contributed by atoms with Gasteiger partial charge in [0.1, 0.15) is 12.1 Å². The molecule has 0 aromatic heterocycles. The molecule has 2 fully saturated rings. The molecular weight excluding hydrogens is 358 g/mol. The highest BCUT2D eigenvalue weighted by atomic mass is 16.6. The molecule has 1 unspecified atom stereocenters. The lowest BCUT2D eigenvalue weighted by Gasteiger charge is -2.58. The Morgan fingerprint density at radius 2 is 1.79 bits per heavy atom. The van der Waals surface area contributed by atoms with E-state index in [-0.39, 0.29) is 30.5 Å². The van der Waals surface area contributed by atoms with Crippen molar-refractivity contribution in [3.63, 3.8) is 0 Å². The summed E-state index contributed by atoms with van der Waals surface area (Å²) in [6.45, 7) is 6.51. The van der Waals surface area contributed by atoms with Gasteiger partial charge in [0.05, 0.1) is 11.5 Å². The van der Waals surface area contributed by atoms with Crippen LogP contribution >= 0.6 is 0 Å². The van der Waals surface area contributed by atoms with Gasteiger partial charge in [-0.15, -0.1) is 0 Å². The zero-order valence-electron chi connectivity index (χ0n) is 17.0. The standard InChI is InChI=1S/C21H29N3O4/c1-20(2,3)28-19(27)23-12-10-21(11-13-23)17(15-8-6-5-7-9-15)24(18(21)26)14-16(25)22-4/h5-9,17H,10-14H2,1-4H3,(H,22,25). The summed E-state index contributed by atoms with van der Waals surface area (Å²) < 4.78 is 5.46. The molecule has 7 nitrogen and oxygen atoms in total. The first-order valence-electron chi connectivity index (χ1n) is 9.72. The van der Waals surface area contributed by atoms with Crippen LogP contribution in [-0.2, 0) is 14.3 Å². The van der Waals surface area contributed by atoms with Crippen molar-refractivity contribution in [1.29, 1.82) is 0 Å². The Morgan fingerprint density at radius 3 is 2.32 bits per heavy atom. The normalized spacial score (nSPS) is 21.3. The van der Waals surface area contributed by atoms with Crippen molar-refractivity contribution < 1.29 is 19.1 Å². The molecule has 152 valence electrons. The molecule has 3 amide bonds. The minimum atomic E-state index is -0.562. The van der Waals surface area contributed by atoms with Crippen LogP contribution in [0.2, 0.25) is 0 Å². The zero-order chi connectivity index (χ0) is 20.5. The number of ether oxygens (including phenoxy) is 1. The second-order valence-corrected chi connectivity index (χ2v) is 8.54. The molecule has 1 aromatic rings. The maximum absolute atomic E-state index is 13.1. The number of carbonyl (C=O) groups excluding carboxylic acids is 3. The smallest absolute Gasteiger partial charge is 0.410 e. The first kappa shape index (κ1) is 20.2. The number of benzene rings is 1. The van der Waals surface area contributed by atoms with E-state index in [0.29, 0.717) is 25.9 Å². The van der Waals surface area contributed by atoms with E-state index >= 15 is 0 Å². The number of likely N-dealkylation sites (N-methyl/N-ethyl adjacent to an activating group) is 1. The van der Waals surface area contributed by atoms with E-state index in [4.69, 9.17) is 4.74 Å². The van der Waals surface area contributed by atoms with Gasteiger partial charge in [-0.1, -0.05) is 30.3 Å². The summed E-state index contributed by atoms with van der Waals surface area (Å²) in [5.41, 5.74) is -0.0831. The number of carbonyl (C=O) groups is 3. The molecule has 1 aromatic carbocycles. The number of nitrogens with zero attached hydrogens (tertiary/aromatic N) is 2. The van der Waals surface area contributed by atoms with Gasteiger partial charge in [-0.05, 0) is 39.2 Å². The first-order valence-corrected chi connectivity index (χ1v) is 9.72. The van der Waals surface area contributed by atoms with E-state index in [1.807, 2.05) is 51.1 Å². The van der Waals surface area contributed by atoms with Gasteiger partial charge in [0, 0.05) is 20.1 Å². The largest absolute Gasteiger partial charge is 0.444 e. The lowest BCUT2D eigenvalue weighted by Crippen LogP contribution is -2.67. The summed E-state index contributed by atoms with van der Waals surface area (Å²) in [6.07, 6.45) is 0.789. The van der Waals surface area contributed by atoms with Gasteiger partial charge >= 0.3 is 6.09 Å². The fourth-order valence-corrected chi connectivity index (χ4v) is 4.19. The quantitative estimate of drug-likeness (QED) is 0.808. The first-order chi connectivity index (χ1) is 13.2. The molecule has 0 radical (unpaired) electrons. The topological polar surface area (TPSA) is 79.0 Å².